The van der Waals surface area contributed by atoms with Gasteiger partial charge in [-0.25, -0.2) is 4.98 Å². The van der Waals surface area contributed by atoms with Crippen molar-refractivity contribution in [1.29, 1.82) is 0 Å². The molecule has 0 unspecified atom stereocenters. The van der Waals surface area contributed by atoms with Gasteiger partial charge in [0.15, 0.2) is 0 Å². The molecular weight excluding hydrogens is 738 g/mol. The summed E-state index contributed by atoms with van der Waals surface area (Å²) >= 11 is 0. The molecule has 8 rings (SSSR count). The van der Waals surface area contributed by atoms with Gasteiger partial charge in [0.1, 0.15) is 5.82 Å². The van der Waals surface area contributed by atoms with E-state index in [-0.39, 0.29) is 33.4 Å². The summed E-state index contributed by atoms with van der Waals surface area (Å²) in [4.78, 5) is 8.95. The second-order valence-corrected chi connectivity index (χ2v) is 12.3. The Morgan fingerprint density at radius 1 is 0.867 bits per heavy atom. The molecule has 2 aromatic heterocycles. The number of benzene rings is 4. The first-order valence-electron chi connectivity index (χ1n) is 14.8. The van der Waals surface area contributed by atoms with E-state index in [9.17, 15) is 0 Å². The first-order valence-corrected chi connectivity index (χ1v) is 14.8. The Morgan fingerprint density at radius 2 is 1.62 bits per heavy atom. The summed E-state index contributed by atoms with van der Waals surface area (Å²) in [6.45, 7) is 8.48. The van der Waals surface area contributed by atoms with E-state index >= 15 is 0 Å². The van der Waals surface area contributed by atoms with E-state index in [1.807, 2.05) is 61.2 Å². The Labute approximate surface area is 278 Å². The van der Waals surface area contributed by atoms with Crippen LogP contribution < -0.4 is 19.8 Å². The van der Waals surface area contributed by atoms with Crippen LogP contribution in [0.4, 0.5) is 5.69 Å². The van der Waals surface area contributed by atoms with Crippen LogP contribution in [0.2, 0.25) is 0 Å². The molecule has 0 fully saturated rings. The number of fused-ring (bicyclic) bond motifs is 6. The molecule has 4 heterocycles. The van der Waals surface area contributed by atoms with Gasteiger partial charge < -0.3 is 23.8 Å². The molecule has 6 nitrogen and oxygen atoms in total. The predicted molar refractivity (Wildman–Crippen MR) is 177 cm³/mol. The number of nitrogens with zero attached hydrogens (tertiary/aromatic N) is 4. The molecule has 0 saturated heterocycles. The second kappa shape index (κ2) is 11.2. The van der Waals surface area contributed by atoms with Crippen molar-refractivity contribution in [2.75, 3.05) is 11.9 Å². The van der Waals surface area contributed by atoms with Crippen LogP contribution in [0.1, 0.15) is 26.3 Å². The van der Waals surface area contributed by atoms with E-state index in [2.05, 4.69) is 103 Å². The molecule has 0 bridgehead atoms. The molecule has 4 aromatic carbocycles. The van der Waals surface area contributed by atoms with Gasteiger partial charge in [0, 0.05) is 55.6 Å². The zero-order chi connectivity index (χ0) is 30.0. The van der Waals surface area contributed by atoms with Crippen molar-refractivity contribution in [3.05, 3.63) is 133 Å². The van der Waals surface area contributed by atoms with Gasteiger partial charge in [0.2, 0.25) is 0 Å². The molecule has 2 aliphatic heterocycles. The fourth-order valence-electron chi connectivity index (χ4n) is 6.07. The molecule has 0 amide bonds. The summed E-state index contributed by atoms with van der Waals surface area (Å²) in [6, 6.07) is 37.9. The van der Waals surface area contributed by atoms with Crippen molar-refractivity contribution in [1.82, 2.24) is 14.5 Å². The molecule has 6 aromatic rings. The smallest absolute Gasteiger partial charge is 0.430 e. The summed E-state index contributed by atoms with van der Waals surface area (Å²) < 4.78 is 15.1. The molecule has 226 valence electrons. The van der Waals surface area contributed by atoms with E-state index in [0.717, 1.165) is 50.1 Å². The van der Waals surface area contributed by atoms with E-state index in [4.69, 9.17) is 14.4 Å². The van der Waals surface area contributed by atoms with Gasteiger partial charge >= 0.3 is 6.92 Å². The molecule has 45 heavy (non-hydrogen) atoms. The largest absolute Gasteiger partial charge is 0.612 e. The molecule has 8 heteroatoms. The normalized spacial score (nSPS) is 14.1. The summed E-state index contributed by atoms with van der Waals surface area (Å²) in [5, 5.41) is 2.24. The van der Waals surface area contributed by atoms with Gasteiger partial charge in [0.25, 0.3) is 0 Å². The van der Waals surface area contributed by atoms with Crippen LogP contribution >= 0.6 is 0 Å². The van der Waals surface area contributed by atoms with Crippen LogP contribution in [0.25, 0.3) is 27.6 Å². The zero-order valence-corrected chi connectivity index (χ0v) is 27.7. The topological polar surface area (TPSA) is 42.8 Å². The maximum absolute atomic E-state index is 6.51. The number of hydrogen-bond acceptors (Lipinski definition) is 5. The second-order valence-electron chi connectivity index (χ2n) is 12.3. The van der Waals surface area contributed by atoms with Crippen LogP contribution in [0.5, 0.6) is 17.2 Å². The SMILES string of the molecule is CN1C=C2B(c3ccccc3)Oc3ccc(Oc4[c-]c5c(cc4)c4ccccc4n5-c4cc(C(C)(C)C)ccn4)[c-]c3N2[CH-]1.[Pt]. The average Bonchev–Trinajstić information content (AvgIpc) is 3.58. The summed E-state index contributed by atoms with van der Waals surface area (Å²) in [5.74, 6) is 2.79. The van der Waals surface area contributed by atoms with Crippen molar-refractivity contribution in [3.8, 4) is 23.1 Å². The van der Waals surface area contributed by atoms with Crippen molar-refractivity contribution in [2.45, 2.75) is 26.2 Å². The summed E-state index contributed by atoms with van der Waals surface area (Å²) in [7, 11) is 2.02. The Balaban J connectivity index is 0.00000325. The van der Waals surface area contributed by atoms with Crippen molar-refractivity contribution >= 4 is 39.9 Å². The summed E-state index contributed by atoms with van der Waals surface area (Å²) in [5.41, 5.74) is 6.14. The predicted octanol–water partition coefficient (Wildman–Crippen LogP) is 7.41. The van der Waals surface area contributed by atoms with E-state index in [1.54, 1.807) is 0 Å². The zero-order valence-electron chi connectivity index (χ0n) is 25.4. The van der Waals surface area contributed by atoms with Crippen LogP contribution in [0.15, 0.2) is 109 Å². The standard InChI is InChI=1S/C37H30BN4O2.Pt/c1-37(2,3)25-18-19-39-36(20-25)42-31-13-9-8-12-29(31)30-16-14-27(21-32(30)42)43-28-15-17-34-33(22-28)41-24-40(4)23-35(41)38(44-34)26-10-6-5-7-11-26;/h5-20,23-24H,1-4H3;/q-3;. The van der Waals surface area contributed by atoms with Gasteiger partial charge in [0.05, 0.1) is 0 Å². The fourth-order valence-corrected chi connectivity index (χ4v) is 6.07. The number of hydrogen-bond donors (Lipinski definition) is 0. The Kier molecular flexibility index (Phi) is 7.25. The minimum atomic E-state index is -0.215. The van der Waals surface area contributed by atoms with Crippen LogP contribution in [-0.4, -0.2) is 28.4 Å². The monoisotopic (exact) mass is 768 g/mol. The van der Waals surface area contributed by atoms with Crippen molar-refractivity contribution in [2.24, 2.45) is 0 Å². The van der Waals surface area contributed by atoms with Crippen molar-refractivity contribution in [3.63, 3.8) is 0 Å². The third-order valence-corrected chi connectivity index (χ3v) is 8.25. The molecule has 2 aliphatic rings. The fraction of sp³-hybridized carbons (Fsp3) is 0.135. The first kappa shape index (κ1) is 29.2. The molecule has 0 radical (unpaired) electrons. The Bertz CT molecular complexity index is 2090. The minimum absolute atomic E-state index is 0. The number of anilines is 1. The maximum atomic E-state index is 6.51. The third-order valence-electron chi connectivity index (χ3n) is 8.25. The van der Waals surface area contributed by atoms with Gasteiger partial charge in [-0.05, 0) is 53.3 Å². The number of rotatable bonds is 4. The number of para-hydroxylation sites is 1. The van der Waals surface area contributed by atoms with Gasteiger partial charge in [-0.3, -0.25) is 0 Å². The number of aromatic nitrogens is 2. The van der Waals surface area contributed by atoms with Crippen LogP contribution in [-0.2, 0) is 26.5 Å². The van der Waals surface area contributed by atoms with Gasteiger partial charge in [-0.2, -0.15) is 12.7 Å². The van der Waals surface area contributed by atoms with E-state index in [1.165, 1.54) is 5.56 Å². The third kappa shape index (κ3) is 5.09. The molecule has 0 saturated carbocycles. The quantitative estimate of drug-likeness (QED) is 0.138. The average molecular weight is 769 g/mol. The molecule has 0 aliphatic carbocycles. The number of pyridine rings is 1. The Hall–Kier alpha value is -4.48. The van der Waals surface area contributed by atoms with Gasteiger partial charge in [-0.1, -0.05) is 80.5 Å². The van der Waals surface area contributed by atoms with Crippen molar-refractivity contribution < 1.29 is 30.5 Å². The van der Waals surface area contributed by atoms with Crippen LogP contribution in [0.3, 0.4) is 0 Å². The summed E-state index contributed by atoms with van der Waals surface area (Å²) in [6.07, 6.45) is 3.98. The van der Waals surface area contributed by atoms with E-state index < -0.39 is 0 Å². The number of ether oxygens (including phenoxy) is 1. The molecule has 0 atom stereocenters. The van der Waals surface area contributed by atoms with Gasteiger partial charge in [-0.15, -0.1) is 35.7 Å². The maximum Gasteiger partial charge on any atom is 0.430 e. The molecule has 0 N–H and O–H groups in total. The van der Waals surface area contributed by atoms with E-state index in [0.29, 0.717) is 11.5 Å². The molecular formula is C37H30BN4O2Pt-3. The first-order chi connectivity index (χ1) is 21.3. The van der Waals surface area contributed by atoms with Crippen LogP contribution in [0, 0.1) is 18.8 Å². The Morgan fingerprint density at radius 3 is 2.44 bits per heavy atom. The molecule has 0 spiro atoms. The minimum Gasteiger partial charge on any atom is -0.612 e.